The first-order valence-corrected chi connectivity index (χ1v) is 8.85. The van der Waals surface area contributed by atoms with E-state index in [0.29, 0.717) is 5.41 Å². The molecule has 0 aromatic heterocycles. The Balaban J connectivity index is 2.26. The third-order valence-corrected chi connectivity index (χ3v) is 5.54. The van der Waals surface area contributed by atoms with Crippen molar-refractivity contribution >= 4 is 11.6 Å². The molecule has 1 fully saturated rings. The van der Waals surface area contributed by atoms with Crippen LogP contribution in [-0.2, 0) is 0 Å². The Morgan fingerprint density at radius 3 is 2.17 bits per heavy atom. The van der Waals surface area contributed by atoms with Crippen molar-refractivity contribution in [2.75, 3.05) is 5.88 Å². The molecule has 0 amide bonds. The lowest BCUT2D eigenvalue weighted by molar-refractivity contribution is 0.150. The van der Waals surface area contributed by atoms with Crippen molar-refractivity contribution in [3.63, 3.8) is 0 Å². The quantitative estimate of drug-likeness (QED) is 0.329. The zero-order valence-corrected chi connectivity index (χ0v) is 13.4. The van der Waals surface area contributed by atoms with E-state index in [4.69, 9.17) is 11.6 Å². The van der Waals surface area contributed by atoms with E-state index in [0.717, 1.165) is 11.8 Å². The molecule has 0 radical (unpaired) electrons. The smallest absolute Gasteiger partial charge is 0.0280 e. The highest BCUT2D eigenvalue weighted by atomic mass is 35.5. The fraction of sp³-hybridized carbons (Fsp3) is 1.00. The molecule has 0 atom stereocenters. The second-order valence-electron chi connectivity index (χ2n) is 6.53. The normalized spacial score (nSPS) is 28.5. The molecule has 0 N–H and O–H groups in total. The monoisotopic (exact) mass is 272 g/mol. The van der Waals surface area contributed by atoms with Gasteiger partial charge in [0.05, 0.1) is 0 Å². The number of unbranched alkanes of at least 4 members (excludes halogenated alkanes) is 4. The van der Waals surface area contributed by atoms with Crippen LogP contribution in [0.2, 0.25) is 0 Å². The van der Waals surface area contributed by atoms with Crippen LogP contribution >= 0.6 is 11.6 Å². The SMILES string of the molecule is CCCCCCC1(CCl)CCC(CCCC)CC1. The van der Waals surface area contributed by atoms with Crippen LogP contribution in [0.1, 0.15) is 90.9 Å². The Hall–Kier alpha value is 0.290. The molecular formula is C17H33Cl. The summed E-state index contributed by atoms with van der Waals surface area (Å²) in [4.78, 5) is 0. The molecule has 0 aliphatic heterocycles. The van der Waals surface area contributed by atoms with Gasteiger partial charge in [-0.05, 0) is 43.4 Å². The first-order valence-electron chi connectivity index (χ1n) is 8.32. The third kappa shape index (κ3) is 5.51. The number of rotatable bonds is 9. The van der Waals surface area contributed by atoms with E-state index in [9.17, 15) is 0 Å². The maximum atomic E-state index is 6.30. The summed E-state index contributed by atoms with van der Waals surface area (Å²) in [6.07, 6.45) is 16.9. The summed E-state index contributed by atoms with van der Waals surface area (Å²) in [5.74, 6) is 1.91. The molecule has 0 heterocycles. The van der Waals surface area contributed by atoms with E-state index in [-0.39, 0.29) is 0 Å². The van der Waals surface area contributed by atoms with Gasteiger partial charge in [0.25, 0.3) is 0 Å². The Labute approximate surface area is 120 Å². The fourth-order valence-electron chi connectivity index (χ4n) is 3.45. The zero-order chi connectivity index (χ0) is 13.3. The molecule has 0 spiro atoms. The van der Waals surface area contributed by atoms with E-state index < -0.39 is 0 Å². The molecule has 0 unspecified atom stereocenters. The standard InChI is InChI=1S/C17H33Cl/c1-3-5-7-8-12-17(15-18)13-10-16(11-14-17)9-6-4-2/h16H,3-15H2,1-2H3. The fourth-order valence-corrected chi connectivity index (χ4v) is 3.85. The molecule has 1 saturated carbocycles. The Morgan fingerprint density at radius 1 is 0.944 bits per heavy atom. The van der Waals surface area contributed by atoms with Crippen molar-refractivity contribution in [3.8, 4) is 0 Å². The van der Waals surface area contributed by atoms with E-state index >= 15 is 0 Å². The van der Waals surface area contributed by atoms with Crippen LogP contribution < -0.4 is 0 Å². The summed E-state index contributed by atoms with van der Waals surface area (Å²) >= 11 is 6.30. The minimum Gasteiger partial charge on any atom is -0.126 e. The molecule has 1 heteroatoms. The summed E-state index contributed by atoms with van der Waals surface area (Å²) in [6, 6.07) is 0. The predicted molar refractivity (Wildman–Crippen MR) is 83.4 cm³/mol. The molecule has 1 rings (SSSR count). The molecule has 0 bridgehead atoms. The van der Waals surface area contributed by atoms with Crippen LogP contribution in [0.3, 0.4) is 0 Å². The van der Waals surface area contributed by atoms with Crippen LogP contribution in [0.5, 0.6) is 0 Å². The summed E-state index contributed by atoms with van der Waals surface area (Å²) in [5, 5.41) is 0. The van der Waals surface area contributed by atoms with Gasteiger partial charge in [-0.3, -0.25) is 0 Å². The van der Waals surface area contributed by atoms with E-state index in [2.05, 4.69) is 13.8 Å². The largest absolute Gasteiger partial charge is 0.126 e. The minimum absolute atomic E-state index is 0.512. The molecule has 0 saturated heterocycles. The van der Waals surface area contributed by atoms with Crippen molar-refractivity contribution in [1.29, 1.82) is 0 Å². The summed E-state index contributed by atoms with van der Waals surface area (Å²) in [7, 11) is 0. The van der Waals surface area contributed by atoms with E-state index in [1.54, 1.807) is 0 Å². The van der Waals surface area contributed by atoms with Crippen molar-refractivity contribution in [3.05, 3.63) is 0 Å². The minimum atomic E-state index is 0.512. The molecule has 0 nitrogen and oxygen atoms in total. The lowest BCUT2D eigenvalue weighted by Crippen LogP contribution is -2.29. The van der Waals surface area contributed by atoms with Gasteiger partial charge in [-0.2, -0.15) is 0 Å². The van der Waals surface area contributed by atoms with Crippen molar-refractivity contribution in [2.45, 2.75) is 90.9 Å². The van der Waals surface area contributed by atoms with Crippen molar-refractivity contribution < 1.29 is 0 Å². The van der Waals surface area contributed by atoms with Gasteiger partial charge in [-0.15, -0.1) is 11.6 Å². The highest BCUT2D eigenvalue weighted by Gasteiger charge is 2.33. The third-order valence-electron chi connectivity index (χ3n) is 4.98. The zero-order valence-electron chi connectivity index (χ0n) is 12.6. The summed E-state index contributed by atoms with van der Waals surface area (Å²) in [5.41, 5.74) is 0.512. The van der Waals surface area contributed by atoms with Crippen molar-refractivity contribution in [2.24, 2.45) is 11.3 Å². The Morgan fingerprint density at radius 2 is 1.61 bits per heavy atom. The Bertz CT molecular complexity index is 192. The van der Waals surface area contributed by atoms with Gasteiger partial charge in [0.2, 0.25) is 0 Å². The molecule has 0 aromatic rings. The molecule has 0 aromatic carbocycles. The van der Waals surface area contributed by atoms with Gasteiger partial charge in [0, 0.05) is 5.88 Å². The number of alkyl halides is 1. The lowest BCUT2D eigenvalue weighted by atomic mass is 9.68. The molecule has 1 aliphatic carbocycles. The summed E-state index contributed by atoms with van der Waals surface area (Å²) < 4.78 is 0. The lowest BCUT2D eigenvalue weighted by Gasteiger charge is -2.39. The van der Waals surface area contributed by atoms with E-state index in [1.165, 1.54) is 77.0 Å². The van der Waals surface area contributed by atoms with Gasteiger partial charge in [-0.25, -0.2) is 0 Å². The Kier molecular flexibility index (Phi) is 8.39. The van der Waals surface area contributed by atoms with Crippen LogP contribution in [-0.4, -0.2) is 5.88 Å². The second kappa shape index (κ2) is 9.23. The molecule has 108 valence electrons. The first-order chi connectivity index (χ1) is 8.76. The molecular weight excluding hydrogens is 240 g/mol. The number of halogens is 1. The first kappa shape index (κ1) is 16.3. The van der Waals surface area contributed by atoms with E-state index in [1.807, 2.05) is 0 Å². The van der Waals surface area contributed by atoms with Gasteiger partial charge in [-0.1, -0.05) is 58.8 Å². The number of hydrogen-bond acceptors (Lipinski definition) is 0. The highest BCUT2D eigenvalue weighted by molar-refractivity contribution is 6.18. The predicted octanol–water partition coefficient (Wildman–Crippen LogP) is 6.56. The van der Waals surface area contributed by atoms with Gasteiger partial charge in [0.15, 0.2) is 0 Å². The van der Waals surface area contributed by atoms with Crippen LogP contribution in [0, 0.1) is 11.3 Å². The van der Waals surface area contributed by atoms with Gasteiger partial charge in [0.1, 0.15) is 0 Å². The highest BCUT2D eigenvalue weighted by Crippen LogP contribution is 2.44. The maximum absolute atomic E-state index is 6.30. The summed E-state index contributed by atoms with van der Waals surface area (Å²) in [6.45, 7) is 4.59. The van der Waals surface area contributed by atoms with Crippen LogP contribution in [0.15, 0.2) is 0 Å². The maximum Gasteiger partial charge on any atom is 0.0280 e. The average molecular weight is 273 g/mol. The van der Waals surface area contributed by atoms with Crippen LogP contribution in [0.4, 0.5) is 0 Å². The van der Waals surface area contributed by atoms with Crippen LogP contribution in [0.25, 0.3) is 0 Å². The topological polar surface area (TPSA) is 0 Å². The van der Waals surface area contributed by atoms with Gasteiger partial charge < -0.3 is 0 Å². The number of hydrogen-bond donors (Lipinski definition) is 0. The van der Waals surface area contributed by atoms with Gasteiger partial charge >= 0.3 is 0 Å². The molecule has 18 heavy (non-hydrogen) atoms. The second-order valence-corrected chi connectivity index (χ2v) is 6.80. The average Bonchev–Trinajstić information content (AvgIpc) is 2.43. The molecule has 1 aliphatic rings. The van der Waals surface area contributed by atoms with Crippen molar-refractivity contribution in [1.82, 2.24) is 0 Å².